The zero-order chi connectivity index (χ0) is 20.0. The lowest BCUT2D eigenvalue weighted by Crippen LogP contribution is -2.30. The van der Waals surface area contributed by atoms with Gasteiger partial charge >= 0.3 is 5.97 Å². The van der Waals surface area contributed by atoms with Gasteiger partial charge in [0.25, 0.3) is 5.56 Å². The molecule has 1 N–H and O–H groups in total. The molecule has 8 heteroatoms. The lowest BCUT2D eigenvalue weighted by molar-refractivity contribution is -0.155. The fourth-order valence-corrected chi connectivity index (χ4v) is 4.54. The van der Waals surface area contributed by atoms with Gasteiger partial charge in [-0.3, -0.25) is 9.59 Å². The van der Waals surface area contributed by atoms with E-state index < -0.39 is 12.0 Å². The number of aromatic amines is 1. The van der Waals surface area contributed by atoms with Crippen LogP contribution in [-0.2, 0) is 16.0 Å². The molecule has 1 aliphatic heterocycles. The third kappa shape index (κ3) is 3.40. The van der Waals surface area contributed by atoms with Gasteiger partial charge in [-0.15, -0.1) is 11.3 Å². The molecule has 0 bridgehead atoms. The van der Waals surface area contributed by atoms with E-state index in [-0.39, 0.29) is 18.1 Å². The zero-order valence-corrected chi connectivity index (χ0v) is 17.2. The molecule has 0 saturated carbocycles. The number of nitrogens with one attached hydrogen (secondary N) is 1. The maximum absolute atomic E-state index is 12.6. The molecule has 0 radical (unpaired) electrons. The standard InChI is InChI=1S/C20H19ClN2O4S/c1-9-11(3)28-19-16(9)18(24)22-17(23-19)10(2)27-20(25)13-6-12-7-14(21)4-5-15(12)26-8-13/h4-5,7,10,13H,6,8H2,1-3H3,(H,22,23,24)/t10-,13-/m1/s1. The van der Waals surface area contributed by atoms with Crippen molar-refractivity contribution in [3.05, 3.63) is 55.4 Å². The second kappa shape index (κ2) is 7.22. The normalized spacial score (nSPS) is 17.1. The number of rotatable bonds is 3. The summed E-state index contributed by atoms with van der Waals surface area (Å²) in [6, 6.07) is 5.36. The van der Waals surface area contributed by atoms with Crippen molar-refractivity contribution >= 4 is 39.1 Å². The van der Waals surface area contributed by atoms with Crippen LogP contribution in [0.25, 0.3) is 10.2 Å². The zero-order valence-electron chi connectivity index (χ0n) is 15.7. The average molecular weight is 419 g/mol. The first-order chi connectivity index (χ1) is 13.3. The molecule has 0 aliphatic carbocycles. The van der Waals surface area contributed by atoms with E-state index in [0.717, 1.165) is 21.8 Å². The van der Waals surface area contributed by atoms with Gasteiger partial charge in [0.1, 0.15) is 17.2 Å². The maximum Gasteiger partial charge on any atom is 0.313 e. The summed E-state index contributed by atoms with van der Waals surface area (Å²) in [5, 5.41) is 1.19. The van der Waals surface area contributed by atoms with Crippen molar-refractivity contribution in [2.45, 2.75) is 33.3 Å². The average Bonchev–Trinajstić information content (AvgIpc) is 2.95. The first-order valence-electron chi connectivity index (χ1n) is 8.95. The van der Waals surface area contributed by atoms with Crippen molar-refractivity contribution in [3.8, 4) is 5.75 Å². The van der Waals surface area contributed by atoms with Gasteiger partial charge in [0.2, 0.25) is 0 Å². The number of thiophene rings is 1. The minimum Gasteiger partial charge on any atom is -0.492 e. The summed E-state index contributed by atoms with van der Waals surface area (Å²) in [4.78, 5) is 34.0. The van der Waals surface area contributed by atoms with Crippen molar-refractivity contribution in [2.75, 3.05) is 6.61 Å². The van der Waals surface area contributed by atoms with Crippen molar-refractivity contribution in [1.82, 2.24) is 9.97 Å². The Morgan fingerprint density at radius 3 is 3.00 bits per heavy atom. The van der Waals surface area contributed by atoms with Crippen LogP contribution in [-0.4, -0.2) is 22.5 Å². The van der Waals surface area contributed by atoms with E-state index in [2.05, 4.69) is 9.97 Å². The van der Waals surface area contributed by atoms with Crippen LogP contribution in [0.15, 0.2) is 23.0 Å². The molecule has 1 aliphatic rings. The van der Waals surface area contributed by atoms with Crippen molar-refractivity contribution in [3.63, 3.8) is 0 Å². The fourth-order valence-electron chi connectivity index (χ4n) is 3.30. The number of esters is 1. The Bertz CT molecular complexity index is 1140. The lowest BCUT2D eigenvalue weighted by Gasteiger charge is -2.25. The van der Waals surface area contributed by atoms with Gasteiger partial charge in [-0.25, -0.2) is 4.98 Å². The Balaban J connectivity index is 1.52. The molecular weight excluding hydrogens is 400 g/mol. The van der Waals surface area contributed by atoms with Crippen LogP contribution in [0.1, 0.15) is 34.9 Å². The summed E-state index contributed by atoms with van der Waals surface area (Å²) in [6.45, 7) is 5.80. The molecule has 1 aromatic carbocycles. The van der Waals surface area contributed by atoms with E-state index in [0.29, 0.717) is 27.5 Å². The molecule has 3 aromatic rings. The van der Waals surface area contributed by atoms with Gasteiger partial charge < -0.3 is 14.5 Å². The van der Waals surface area contributed by atoms with Crippen molar-refractivity contribution in [1.29, 1.82) is 0 Å². The number of halogens is 1. The Morgan fingerprint density at radius 2 is 2.21 bits per heavy atom. The Labute approximate surface area is 170 Å². The molecule has 2 aromatic heterocycles. The molecule has 0 unspecified atom stereocenters. The van der Waals surface area contributed by atoms with Crippen LogP contribution < -0.4 is 10.3 Å². The highest BCUT2D eigenvalue weighted by molar-refractivity contribution is 7.18. The number of carbonyl (C=O) groups excluding carboxylic acids is 1. The quantitative estimate of drug-likeness (QED) is 0.647. The monoisotopic (exact) mass is 418 g/mol. The second-order valence-corrected chi connectivity index (χ2v) is 8.60. The highest BCUT2D eigenvalue weighted by atomic mass is 35.5. The lowest BCUT2D eigenvalue weighted by atomic mass is 9.97. The second-order valence-electron chi connectivity index (χ2n) is 6.96. The van der Waals surface area contributed by atoms with E-state index >= 15 is 0 Å². The Morgan fingerprint density at radius 1 is 1.43 bits per heavy atom. The summed E-state index contributed by atoms with van der Waals surface area (Å²) in [5.41, 5.74) is 1.60. The first kappa shape index (κ1) is 19.0. The highest BCUT2D eigenvalue weighted by Gasteiger charge is 2.29. The van der Waals surface area contributed by atoms with E-state index in [1.165, 1.54) is 11.3 Å². The number of hydrogen-bond donors (Lipinski definition) is 1. The van der Waals surface area contributed by atoms with Gasteiger partial charge in [0.05, 0.1) is 11.3 Å². The van der Waals surface area contributed by atoms with Crippen LogP contribution in [0.4, 0.5) is 0 Å². The number of ether oxygens (including phenoxy) is 2. The summed E-state index contributed by atoms with van der Waals surface area (Å²) >= 11 is 7.49. The van der Waals surface area contributed by atoms with E-state index in [4.69, 9.17) is 21.1 Å². The number of aromatic nitrogens is 2. The first-order valence-corrected chi connectivity index (χ1v) is 10.1. The molecule has 2 atom stereocenters. The Kier molecular flexibility index (Phi) is 4.89. The summed E-state index contributed by atoms with van der Waals surface area (Å²) in [7, 11) is 0. The summed E-state index contributed by atoms with van der Waals surface area (Å²) in [6.07, 6.45) is -0.179. The predicted octanol–water partition coefficient (Wildman–Crippen LogP) is 4.11. The number of aryl methyl sites for hydroxylation is 2. The number of benzene rings is 1. The van der Waals surface area contributed by atoms with Gasteiger partial charge in [0, 0.05) is 9.90 Å². The van der Waals surface area contributed by atoms with Crippen LogP contribution in [0, 0.1) is 19.8 Å². The molecule has 0 spiro atoms. The van der Waals surface area contributed by atoms with E-state index in [1.807, 2.05) is 13.8 Å². The number of H-pyrrole nitrogens is 1. The number of hydrogen-bond acceptors (Lipinski definition) is 6. The Hall–Kier alpha value is -2.38. The minimum absolute atomic E-state index is 0.214. The van der Waals surface area contributed by atoms with Crippen LogP contribution in [0.3, 0.4) is 0 Å². The maximum atomic E-state index is 12.6. The van der Waals surface area contributed by atoms with Gasteiger partial charge in [-0.1, -0.05) is 11.6 Å². The molecule has 146 valence electrons. The predicted molar refractivity (Wildman–Crippen MR) is 108 cm³/mol. The third-order valence-corrected chi connectivity index (χ3v) is 6.33. The van der Waals surface area contributed by atoms with Crippen LogP contribution >= 0.6 is 22.9 Å². The van der Waals surface area contributed by atoms with Gasteiger partial charge in [0.15, 0.2) is 11.9 Å². The molecule has 0 amide bonds. The summed E-state index contributed by atoms with van der Waals surface area (Å²) in [5.74, 6) is 0.253. The summed E-state index contributed by atoms with van der Waals surface area (Å²) < 4.78 is 11.2. The molecule has 3 heterocycles. The molecule has 4 rings (SSSR count). The fraction of sp³-hybridized carbons (Fsp3) is 0.350. The molecule has 0 fully saturated rings. The molecule has 0 saturated heterocycles. The molecule has 6 nitrogen and oxygen atoms in total. The third-order valence-electron chi connectivity index (χ3n) is 5.00. The smallest absolute Gasteiger partial charge is 0.313 e. The van der Waals surface area contributed by atoms with E-state index in [9.17, 15) is 9.59 Å². The van der Waals surface area contributed by atoms with E-state index in [1.54, 1.807) is 25.1 Å². The number of nitrogens with zero attached hydrogens (tertiary/aromatic N) is 1. The molecular formula is C20H19ClN2O4S. The topological polar surface area (TPSA) is 81.3 Å². The van der Waals surface area contributed by atoms with Gasteiger partial charge in [-0.2, -0.15) is 0 Å². The minimum atomic E-state index is -0.673. The SMILES string of the molecule is Cc1sc2nc([C@@H](C)OC(=O)[C@H]3COc4ccc(Cl)cc4C3)[nH]c(=O)c2c1C. The van der Waals surface area contributed by atoms with Gasteiger partial charge in [-0.05, 0) is 56.5 Å². The van der Waals surface area contributed by atoms with Crippen LogP contribution in [0.2, 0.25) is 5.02 Å². The van der Waals surface area contributed by atoms with Crippen LogP contribution in [0.5, 0.6) is 5.75 Å². The highest BCUT2D eigenvalue weighted by Crippen LogP contribution is 2.31. The molecule has 28 heavy (non-hydrogen) atoms. The number of fused-ring (bicyclic) bond motifs is 2. The largest absolute Gasteiger partial charge is 0.492 e. The van der Waals surface area contributed by atoms with Crippen molar-refractivity contribution in [2.24, 2.45) is 5.92 Å². The van der Waals surface area contributed by atoms with Crippen molar-refractivity contribution < 1.29 is 14.3 Å². The number of carbonyl (C=O) groups is 1.